The summed E-state index contributed by atoms with van der Waals surface area (Å²) in [6.07, 6.45) is 2.86. The van der Waals surface area contributed by atoms with Gasteiger partial charge in [-0.3, -0.25) is 4.98 Å². The Morgan fingerprint density at radius 3 is 2.48 bits per heavy atom. The number of aromatic nitrogens is 3. The van der Waals surface area contributed by atoms with Crippen LogP contribution in [0.1, 0.15) is 44.6 Å². The SMILES string of the molecule is CCCNc1cc(NCc2ccccn2)nc(C(C)C)n1. The van der Waals surface area contributed by atoms with Crippen LogP contribution in [0.2, 0.25) is 0 Å². The van der Waals surface area contributed by atoms with Crippen LogP contribution < -0.4 is 10.6 Å². The highest BCUT2D eigenvalue weighted by molar-refractivity contribution is 5.48. The van der Waals surface area contributed by atoms with E-state index in [2.05, 4.69) is 46.4 Å². The maximum atomic E-state index is 4.57. The Morgan fingerprint density at radius 1 is 1.10 bits per heavy atom. The Labute approximate surface area is 126 Å². The van der Waals surface area contributed by atoms with Crippen molar-refractivity contribution in [1.29, 1.82) is 0 Å². The Morgan fingerprint density at radius 2 is 1.86 bits per heavy atom. The standard InChI is InChI=1S/C16H23N5/c1-4-8-18-14-10-15(21-16(20-14)12(2)3)19-11-13-7-5-6-9-17-13/h5-7,9-10,12H,4,8,11H2,1-3H3,(H2,18,19,20,21). The van der Waals surface area contributed by atoms with Gasteiger partial charge in [0, 0.05) is 24.7 Å². The molecule has 0 amide bonds. The van der Waals surface area contributed by atoms with Crippen molar-refractivity contribution in [2.24, 2.45) is 0 Å². The topological polar surface area (TPSA) is 62.7 Å². The molecule has 2 aromatic rings. The fourth-order valence-corrected chi connectivity index (χ4v) is 1.84. The molecule has 2 rings (SSSR count). The fraction of sp³-hybridized carbons (Fsp3) is 0.438. The second kappa shape index (κ2) is 7.57. The molecule has 0 radical (unpaired) electrons. The zero-order chi connectivity index (χ0) is 15.1. The predicted molar refractivity (Wildman–Crippen MR) is 86.5 cm³/mol. The van der Waals surface area contributed by atoms with E-state index in [-0.39, 0.29) is 0 Å². The minimum Gasteiger partial charge on any atom is -0.370 e. The van der Waals surface area contributed by atoms with Crippen molar-refractivity contribution in [3.63, 3.8) is 0 Å². The van der Waals surface area contributed by atoms with Gasteiger partial charge in [-0.05, 0) is 18.6 Å². The number of hydrogen-bond acceptors (Lipinski definition) is 5. The second-order valence-corrected chi connectivity index (χ2v) is 5.25. The molecule has 0 aromatic carbocycles. The molecule has 0 spiro atoms. The van der Waals surface area contributed by atoms with Crippen LogP contribution >= 0.6 is 0 Å². The normalized spacial score (nSPS) is 10.7. The van der Waals surface area contributed by atoms with Gasteiger partial charge in [0.05, 0.1) is 12.2 Å². The maximum absolute atomic E-state index is 4.57. The minimum absolute atomic E-state index is 0.295. The lowest BCUT2D eigenvalue weighted by Crippen LogP contribution is -2.10. The summed E-state index contributed by atoms with van der Waals surface area (Å²) < 4.78 is 0. The molecule has 2 N–H and O–H groups in total. The molecule has 5 heteroatoms. The zero-order valence-electron chi connectivity index (χ0n) is 12.9. The van der Waals surface area contributed by atoms with E-state index >= 15 is 0 Å². The largest absolute Gasteiger partial charge is 0.370 e. The first-order valence-corrected chi connectivity index (χ1v) is 7.45. The molecule has 112 valence electrons. The van der Waals surface area contributed by atoms with Crippen molar-refractivity contribution >= 4 is 11.6 Å². The first-order valence-electron chi connectivity index (χ1n) is 7.45. The van der Waals surface area contributed by atoms with Crippen molar-refractivity contribution in [2.75, 3.05) is 17.2 Å². The molecule has 21 heavy (non-hydrogen) atoms. The molecule has 0 aliphatic heterocycles. The Balaban J connectivity index is 2.11. The van der Waals surface area contributed by atoms with Crippen LogP contribution in [-0.2, 0) is 6.54 Å². The van der Waals surface area contributed by atoms with Gasteiger partial charge in [-0.1, -0.05) is 26.8 Å². The highest BCUT2D eigenvalue weighted by Crippen LogP contribution is 2.17. The summed E-state index contributed by atoms with van der Waals surface area (Å²) in [5, 5.41) is 6.64. The lowest BCUT2D eigenvalue weighted by atomic mass is 10.2. The van der Waals surface area contributed by atoms with Crippen LogP contribution in [0.3, 0.4) is 0 Å². The number of anilines is 2. The summed E-state index contributed by atoms with van der Waals surface area (Å²) in [6.45, 7) is 7.90. The Hall–Kier alpha value is -2.17. The molecule has 2 aromatic heterocycles. The van der Waals surface area contributed by atoms with Crippen LogP contribution in [0.4, 0.5) is 11.6 Å². The van der Waals surface area contributed by atoms with Gasteiger partial charge in [0.15, 0.2) is 0 Å². The van der Waals surface area contributed by atoms with Gasteiger partial charge in [0.2, 0.25) is 0 Å². The predicted octanol–water partition coefficient (Wildman–Crippen LogP) is 3.43. The molecule has 0 unspecified atom stereocenters. The van der Waals surface area contributed by atoms with Crippen molar-refractivity contribution in [2.45, 2.75) is 39.7 Å². The van der Waals surface area contributed by atoms with Crippen molar-refractivity contribution in [3.8, 4) is 0 Å². The number of pyridine rings is 1. The summed E-state index contributed by atoms with van der Waals surface area (Å²) in [4.78, 5) is 13.4. The third-order valence-electron chi connectivity index (χ3n) is 2.99. The van der Waals surface area contributed by atoms with Gasteiger partial charge in [-0.2, -0.15) is 0 Å². The van der Waals surface area contributed by atoms with Crippen LogP contribution in [0.5, 0.6) is 0 Å². The minimum atomic E-state index is 0.295. The Kier molecular flexibility index (Phi) is 5.49. The summed E-state index contributed by atoms with van der Waals surface area (Å²) >= 11 is 0. The fourth-order valence-electron chi connectivity index (χ4n) is 1.84. The molecule has 5 nitrogen and oxygen atoms in total. The lowest BCUT2D eigenvalue weighted by Gasteiger charge is -2.12. The first-order chi connectivity index (χ1) is 10.2. The van der Waals surface area contributed by atoms with Gasteiger partial charge in [-0.15, -0.1) is 0 Å². The molecule has 0 bridgehead atoms. The molecule has 0 saturated carbocycles. The van der Waals surface area contributed by atoms with Gasteiger partial charge in [0.1, 0.15) is 17.5 Å². The van der Waals surface area contributed by atoms with E-state index < -0.39 is 0 Å². The summed E-state index contributed by atoms with van der Waals surface area (Å²) in [7, 11) is 0. The van der Waals surface area contributed by atoms with Crippen LogP contribution in [-0.4, -0.2) is 21.5 Å². The van der Waals surface area contributed by atoms with Crippen molar-refractivity contribution < 1.29 is 0 Å². The molecule has 0 aliphatic rings. The summed E-state index contributed by atoms with van der Waals surface area (Å²) in [5.41, 5.74) is 0.991. The highest BCUT2D eigenvalue weighted by Gasteiger charge is 2.08. The molecule has 0 fully saturated rings. The lowest BCUT2D eigenvalue weighted by molar-refractivity contribution is 0.773. The quantitative estimate of drug-likeness (QED) is 0.816. The van der Waals surface area contributed by atoms with E-state index in [1.54, 1.807) is 6.20 Å². The number of nitrogens with zero attached hydrogens (tertiary/aromatic N) is 3. The van der Waals surface area contributed by atoms with Crippen molar-refractivity contribution in [3.05, 3.63) is 42.0 Å². The van der Waals surface area contributed by atoms with E-state index in [9.17, 15) is 0 Å². The second-order valence-electron chi connectivity index (χ2n) is 5.25. The van der Waals surface area contributed by atoms with Gasteiger partial charge < -0.3 is 10.6 Å². The van der Waals surface area contributed by atoms with E-state index in [1.165, 1.54) is 0 Å². The number of hydrogen-bond donors (Lipinski definition) is 2. The first kappa shape index (κ1) is 15.2. The number of rotatable bonds is 7. The third kappa shape index (κ3) is 4.70. The number of nitrogens with one attached hydrogen (secondary N) is 2. The Bertz CT molecular complexity index is 554. The van der Waals surface area contributed by atoms with Gasteiger partial charge in [0.25, 0.3) is 0 Å². The highest BCUT2D eigenvalue weighted by atomic mass is 15.1. The molecular weight excluding hydrogens is 262 g/mol. The summed E-state index contributed by atoms with van der Waals surface area (Å²) in [6, 6.07) is 7.84. The van der Waals surface area contributed by atoms with E-state index in [0.29, 0.717) is 12.5 Å². The van der Waals surface area contributed by atoms with E-state index in [1.807, 2.05) is 24.3 Å². The molecule has 2 heterocycles. The zero-order valence-corrected chi connectivity index (χ0v) is 12.9. The smallest absolute Gasteiger partial charge is 0.135 e. The molecule has 0 atom stereocenters. The van der Waals surface area contributed by atoms with E-state index in [0.717, 1.165) is 36.1 Å². The molecule has 0 saturated heterocycles. The molecular formula is C16H23N5. The van der Waals surface area contributed by atoms with Crippen LogP contribution in [0.25, 0.3) is 0 Å². The van der Waals surface area contributed by atoms with Crippen molar-refractivity contribution in [1.82, 2.24) is 15.0 Å². The average molecular weight is 285 g/mol. The third-order valence-corrected chi connectivity index (χ3v) is 2.99. The average Bonchev–Trinajstić information content (AvgIpc) is 2.51. The maximum Gasteiger partial charge on any atom is 0.135 e. The van der Waals surface area contributed by atoms with Gasteiger partial charge in [-0.25, -0.2) is 9.97 Å². The summed E-state index contributed by atoms with van der Waals surface area (Å²) in [5.74, 6) is 2.85. The monoisotopic (exact) mass is 285 g/mol. The van der Waals surface area contributed by atoms with Crippen LogP contribution in [0, 0.1) is 0 Å². The van der Waals surface area contributed by atoms with Crippen LogP contribution in [0.15, 0.2) is 30.5 Å². The molecule has 0 aliphatic carbocycles. The van der Waals surface area contributed by atoms with E-state index in [4.69, 9.17) is 0 Å². The van der Waals surface area contributed by atoms with Gasteiger partial charge >= 0.3 is 0 Å².